The van der Waals surface area contributed by atoms with E-state index in [1.807, 2.05) is 0 Å². The van der Waals surface area contributed by atoms with Crippen molar-refractivity contribution in [1.82, 2.24) is 10.2 Å². The van der Waals surface area contributed by atoms with E-state index < -0.39 is 119 Å². The molecule has 0 aliphatic carbocycles. The third kappa shape index (κ3) is 6.06. The molecule has 0 bridgehead atoms. The lowest BCUT2D eigenvalue weighted by Crippen LogP contribution is -2.18. The highest BCUT2D eigenvalue weighted by atomic mass is 17.0. The zero-order valence-electron chi connectivity index (χ0n) is 21.2. The number of nitro groups is 8. The van der Waals surface area contributed by atoms with E-state index in [1.165, 1.54) is 0 Å². The van der Waals surface area contributed by atoms with Gasteiger partial charge in [-0.1, -0.05) is 10.9 Å². The minimum absolute atomic E-state index is 0.125. The van der Waals surface area contributed by atoms with Gasteiger partial charge in [0.1, 0.15) is 0 Å². The lowest BCUT2D eigenvalue weighted by atomic mass is 10.0. The molecular formula is C14H3N13O20. The number of hydrogen-bond acceptors (Lipinski definition) is 22. The summed E-state index contributed by atoms with van der Waals surface area (Å²) in [7, 11) is 0. The van der Waals surface area contributed by atoms with E-state index in [0.29, 0.717) is 0 Å². The van der Waals surface area contributed by atoms with Crippen LogP contribution in [0.1, 0.15) is 0 Å². The third-order valence-electron chi connectivity index (χ3n) is 5.18. The van der Waals surface area contributed by atoms with Crippen molar-refractivity contribution in [2.24, 2.45) is 0 Å². The molecule has 2 N–H and O–H groups in total. The molecule has 0 amide bonds. The maximum absolute atomic E-state index is 12.0. The van der Waals surface area contributed by atoms with Crippen LogP contribution in [0, 0.1) is 91.0 Å². The van der Waals surface area contributed by atoms with E-state index in [0.717, 1.165) is 10.9 Å². The summed E-state index contributed by atoms with van der Waals surface area (Å²) in [6.07, 6.45) is 0. The molecule has 244 valence electrons. The fraction of sp³-hybridized carbons (Fsp3) is 0. The molecule has 0 spiro atoms. The molecule has 33 heteroatoms. The average Bonchev–Trinajstić information content (AvgIpc) is 3.39. The van der Waals surface area contributed by atoms with Crippen molar-refractivity contribution in [2.75, 3.05) is 10.9 Å². The van der Waals surface area contributed by atoms with Crippen LogP contribution in [0.5, 0.6) is 5.75 Å². The van der Waals surface area contributed by atoms with E-state index >= 15 is 0 Å². The Labute approximate surface area is 247 Å². The van der Waals surface area contributed by atoms with Gasteiger partial charge in [0, 0.05) is 0 Å². The number of hydrazine groups is 2. The normalized spacial score (nSPS) is 10.4. The van der Waals surface area contributed by atoms with Crippen molar-refractivity contribution in [3.05, 3.63) is 97.1 Å². The molecule has 33 nitrogen and oxygen atoms in total. The summed E-state index contributed by atoms with van der Waals surface area (Å²) in [6.45, 7) is 0. The van der Waals surface area contributed by atoms with E-state index in [9.17, 15) is 91.0 Å². The monoisotopic (exact) mass is 673 g/mol. The first kappa shape index (κ1) is 33.1. The van der Waals surface area contributed by atoms with Crippen LogP contribution in [0.4, 0.5) is 45.5 Å². The molecule has 0 aliphatic heterocycles. The fourth-order valence-electron chi connectivity index (χ4n) is 3.73. The summed E-state index contributed by atoms with van der Waals surface area (Å²) >= 11 is 0. The van der Waals surface area contributed by atoms with Gasteiger partial charge in [-0.05, 0) is 0 Å². The summed E-state index contributed by atoms with van der Waals surface area (Å²) < 4.78 is 4.90. The number of hydrogen-bond donors (Lipinski definition) is 2. The fourth-order valence-corrected chi connectivity index (χ4v) is 3.73. The number of aromatic nitrogens is 2. The van der Waals surface area contributed by atoms with Crippen LogP contribution in [0.3, 0.4) is 0 Å². The van der Waals surface area contributed by atoms with Crippen molar-refractivity contribution in [1.29, 1.82) is 0 Å². The second-order valence-corrected chi connectivity index (χ2v) is 7.65. The highest BCUT2D eigenvalue weighted by Gasteiger charge is 2.49. The van der Waals surface area contributed by atoms with Gasteiger partial charge in [-0.2, -0.15) is 0 Å². The van der Waals surface area contributed by atoms with Crippen LogP contribution in [0.2, 0.25) is 0 Å². The van der Waals surface area contributed by atoms with Crippen LogP contribution in [0.15, 0.2) is 10.5 Å². The summed E-state index contributed by atoms with van der Waals surface area (Å²) in [5, 5.41) is 105. The Morgan fingerprint density at radius 3 is 1.28 bits per heavy atom. The Morgan fingerprint density at radius 1 is 0.532 bits per heavy atom. The maximum Gasteiger partial charge on any atom is 0.341 e. The topological polar surface area (TPSA) is 460 Å². The Balaban J connectivity index is 2.65. The van der Waals surface area contributed by atoms with Gasteiger partial charge in [-0.25, -0.2) is 20.2 Å². The van der Waals surface area contributed by atoms with E-state index in [1.54, 1.807) is 0 Å². The highest BCUT2D eigenvalue weighted by molar-refractivity contribution is 6.00. The minimum atomic E-state index is -2.03. The van der Waals surface area contributed by atoms with Gasteiger partial charge in [-0.3, -0.25) is 65.5 Å². The lowest BCUT2D eigenvalue weighted by Gasteiger charge is -2.09. The van der Waals surface area contributed by atoms with Gasteiger partial charge in [-0.15, -0.1) is 20.3 Å². The molecule has 3 rings (SSSR count). The number of nitrogens with one attached hydrogen (secondary N) is 2. The smallest absolute Gasteiger partial charge is 0.341 e. The Bertz CT molecular complexity index is 1930. The Kier molecular flexibility index (Phi) is 8.49. The number of nitro benzene ring substituents is 6. The first-order chi connectivity index (χ1) is 21.8. The summed E-state index contributed by atoms with van der Waals surface area (Å²) in [4.78, 5) is 97.8. The van der Waals surface area contributed by atoms with Crippen molar-refractivity contribution < 1.29 is 53.9 Å². The van der Waals surface area contributed by atoms with Crippen LogP contribution < -0.4 is 15.7 Å². The molecule has 0 saturated heterocycles. The van der Waals surface area contributed by atoms with E-state index in [2.05, 4.69) is 15.0 Å². The predicted molar refractivity (Wildman–Crippen MR) is 134 cm³/mol. The van der Waals surface area contributed by atoms with Gasteiger partial charge in [0.15, 0.2) is 21.2 Å². The zero-order chi connectivity index (χ0) is 35.7. The molecule has 47 heavy (non-hydrogen) atoms. The van der Waals surface area contributed by atoms with Crippen LogP contribution in [-0.4, -0.2) is 54.9 Å². The van der Waals surface area contributed by atoms with Gasteiger partial charge in [0.05, 0.1) is 35.6 Å². The van der Waals surface area contributed by atoms with Crippen molar-refractivity contribution >= 4 is 45.5 Å². The standard InChI is InChI=1S/C14H3N13O20/c28-19(29)2-1-3(20(30)31)12(47-27(44)45)10(23(36)37)4(2)13-15-16-14(46-13)5-8(21(32)33)6(17-25(40)41)11(24(38)39)7(18-26(42)43)9(5)22(34)35/h1,17-18H. The van der Waals surface area contributed by atoms with Gasteiger partial charge in [0.25, 0.3) is 39.7 Å². The molecule has 0 aliphatic rings. The van der Waals surface area contributed by atoms with Crippen LogP contribution >= 0.6 is 0 Å². The molecule has 2 aromatic carbocycles. The predicted octanol–water partition coefficient (Wildman–Crippen LogP) is 1.63. The molecule has 0 atom stereocenters. The SMILES string of the molecule is O=[N+]([O-])Nc1c([N+](=O)[O-])c(N[N+](=O)[O-])c([N+](=O)[O-])c(-c2nnc(-c3c([N+](=O)[O-])cc([N+](=O)[O-])c(O[N+](=O)[O-])c3[N+](=O)[O-])o2)c1[N+](=O)[O-]. The molecule has 0 unspecified atom stereocenters. The number of anilines is 2. The second kappa shape index (κ2) is 12.1. The average molecular weight is 673 g/mol. The molecule has 3 aromatic rings. The Morgan fingerprint density at radius 2 is 0.936 bits per heavy atom. The molecule has 0 radical (unpaired) electrons. The Hall–Kier alpha value is -8.42. The van der Waals surface area contributed by atoms with Crippen molar-refractivity contribution in [2.45, 2.75) is 0 Å². The number of rotatable bonds is 14. The van der Waals surface area contributed by atoms with Gasteiger partial charge >= 0.3 is 28.4 Å². The minimum Gasteiger partial charge on any atom is -0.415 e. The zero-order valence-corrected chi connectivity index (χ0v) is 21.2. The van der Waals surface area contributed by atoms with E-state index in [4.69, 9.17) is 4.42 Å². The maximum atomic E-state index is 12.0. The van der Waals surface area contributed by atoms with Gasteiger partial charge in [0.2, 0.25) is 0 Å². The summed E-state index contributed by atoms with van der Waals surface area (Å²) in [6, 6.07) is -0.125. The van der Waals surface area contributed by atoms with Crippen LogP contribution in [0.25, 0.3) is 22.9 Å². The quantitative estimate of drug-likeness (QED) is 0.181. The third-order valence-corrected chi connectivity index (χ3v) is 5.18. The summed E-state index contributed by atoms with van der Waals surface area (Å²) in [5.41, 5.74) is -16.8. The first-order valence-corrected chi connectivity index (χ1v) is 10.6. The highest BCUT2D eigenvalue weighted by Crippen LogP contribution is 2.55. The first-order valence-electron chi connectivity index (χ1n) is 10.6. The molecule has 1 heterocycles. The van der Waals surface area contributed by atoms with E-state index in [-0.39, 0.29) is 6.07 Å². The molecule has 1 aromatic heterocycles. The largest absolute Gasteiger partial charge is 0.415 e. The molecule has 0 fully saturated rings. The lowest BCUT2D eigenvalue weighted by molar-refractivity contribution is -0.712. The van der Waals surface area contributed by atoms with Crippen molar-refractivity contribution in [3.8, 4) is 28.7 Å². The van der Waals surface area contributed by atoms with Crippen molar-refractivity contribution in [3.63, 3.8) is 0 Å². The summed E-state index contributed by atoms with van der Waals surface area (Å²) in [5.74, 6) is -5.19. The number of nitrogens with zero attached hydrogens (tertiary/aromatic N) is 11. The van der Waals surface area contributed by atoms with Gasteiger partial charge < -0.3 is 4.42 Å². The second-order valence-electron chi connectivity index (χ2n) is 7.65. The molecular weight excluding hydrogens is 670 g/mol. The number of benzene rings is 2. The van der Waals surface area contributed by atoms with Crippen LogP contribution in [-0.2, 0) is 0 Å². The molecule has 0 saturated carbocycles.